The van der Waals surface area contributed by atoms with Crippen molar-refractivity contribution in [1.29, 1.82) is 0 Å². The van der Waals surface area contributed by atoms with E-state index in [0.29, 0.717) is 5.69 Å². The lowest BCUT2D eigenvalue weighted by Crippen LogP contribution is -2.23. The van der Waals surface area contributed by atoms with Gasteiger partial charge in [0.05, 0.1) is 43.0 Å². The van der Waals surface area contributed by atoms with Gasteiger partial charge in [-0.15, -0.1) is 0 Å². The van der Waals surface area contributed by atoms with Crippen molar-refractivity contribution in [3.63, 3.8) is 0 Å². The molecule has 0 aromatic heterocycles. The van der Waals surface area contributed by atoms with Crippen LogP contribution in [0, 0.1) is 5.82 Å². The van der Waals surface area contributed by atoms with Crippen LogP contribution in [-0.4, -0.2) is 14.3 Å². The highest BCUT2D eigenvalue weighted by Gasteiger charge is 2.22. The zero-order valence-electron chi connectivity index (χ0n) is 14.4. The molecule has 0 bridgehead atoms. The Bertz CT molecular complexity index is 1170. The van der Waals surface area contributed by atoms with E-state index in [4.69, 9.17) is 11.6 Å². The lowest BCUT2D eigenvalue weighted by molar-refractivity contribution is 0.101. The third-order valence-corrected chi connectivity index (χ3v) is 6.75. The van der Waals surface area contributed by atoms with Gasteiger partial charge in [-0.25, -0.2) is 16.7 Å². The number of hydrogen-bond acceptors (Lipinski definition) is 3. The van der Waals surface area contributed by atoms with E-state index in [1.807, 2.05) is 0 Å². The molecule has 0 unspecified atom stereocenters. The van der Waals surface area contributed by atoms with Gasteiger partial charge in [0.2, 0.25) is 0 Å². The molecule has 0 radical (unpaired) electrons. The molecule has 0 heterocycles. The van der Waals surface area contributed by atoms with Gasteiger partial charge in [0.25, 0.3) is 15.9 Å². The number of sulfonamides is 1. The van der Waals surface area contributed by atoms with Crippen LogP contribution in [0.25, 0.3) is 0 Å². The molecule has 3 rings (SSSR count). The van der Waals surface area contributed by atoms with Gasteiger partial charge in [-0.2, -0.15) is 0 Å². The number of anilines is 2. The van der Waals surface area contributed by atoms with Crippen LogP contribution in [-0.2, 0) is 10.0 Å². The Morgan fingerprint density at radius 1 is 1.03 bits per heavy atom. The Morgan fingerprint density at radius 2 is 1.69 bits per heavy atom. The number of nitrogens with zero attached hydrogens (tertiary/aromatic N) is 1. The van der Waals surface area contributed by atoms with E-state index in [1.54, 1.807) is 36.4 Å². The van der Waals surface area contributed by atoms with Crippen LogP contribution in [0.1, 0.15) is 10.4 Å². The fraction of sp³-hybridized carbons (Fsp3) is 0. The smallest absolute Gasteiger partial charge is 0.270 e. The Labute approximate surface area is 189 Å². The average molecular weight is 563 g/mol. The summed E-state index contributed by atoms with van der Waals surface area (Å²) in [5.41, 5.74) is 0.741. The quantitative estimate of drug-likeness (QED) is 0.388. The van der Waals surface area contributed by atoms with Crippen molar-refractivity contribution in [2.24, 2.45) is 0 Å². The van der Waals surface area contributed by atoms with Gasteiger partial charge in [0, 0.05) is 4.47 Å². The summed E-state index contributed by atoms with van der Waals surface area (Å²) in [5, 5.41) is -0.320. The third kappa shape index (κ3) is 4.98. The first-order chi connectivity index (χ1) is 13.7. The Kier molecular flexibility index (Phi) is 6.62. The van der Waals surface area contributed by atoms with Crippen LogP contribution in [0.5, 0.6) is 0 Å². The highest BCUT2D eigenvalue weighted by atomic mass is 79.9. The van der Waals surface area contributed by atoms with Crippen LogP contribution in [0.15, 0.2) is 76.1 Å². The van der Waals surface area contributed by atoms with Crippen molar-refractivity contribution in [1.82, 2.24) is 0 Å². The molecule has 0 atom stereocenters. The number of rotatable bonds is 5. The summed E-state index contributed by atoms with van der Waals surface area (Å²) in [5.74, 6) is -1.21. The fourth-order valence-corrected chi connectivity index (χ4v) is 4.44. The molecule has 0 spiro atoms. The van der Waals surface area contributed by atoms with E-state index in [0.717, 1.165) is 22.7 Å². The molecule has 0 aliphatic carbocycles. The minimum Gasteiger partial charge on any atom is -0.279 e. The summed E-state index contributed by atoms with van der Waals surface area (Å²) in [6, 6.07) is 16.2. The predicted molar refractivity (Wildman–Crippen MR) is 119 cm³/mol. The zero-order valence-corrected chi connectivity index (χ0v) is 19.2. The summed E-state index contributed by atoms with van der Waals surface area (Å²) < 4.78 is 43.2. The first-order valence-corrected chi connectivity index (χ1v) is 11.4. The van der Waals surface area contributed by atoms with E-state index in [-0.39, 0.29) is 21.2 Å². The normalized spacial score (nSPS) is 11.2. The van der Waals surface area contributed by atoms with E-state index < -0.39 is 21.7 Å². The van der Waals surface area contributed by atoms with Crippen molar-refractivity contribution in [3.8, 4) is 0 Å². The van der Waals surface area contributed by atoms with Crippen molar-refractivity contribution in [2.75, 3.05) is 8.65 Å². The molecular formula is C19H12Br2ClFN2O3S. The summed E-state index contributed by atoms with van der Waals surface area (Å²) in [6.07, 6.45) is 0. The second-order valence-corrected chi connectivity index (χ2v) is 9.50. The molecule has 3 aromatic rings. The van der Waals surface area contributed by atoms with Crippen molar-refractivity contribution < 1.29 is 17.6 Å². The third-order valence-electron chi connectivity index (χ3n) is 3.83. The van der Waals surface area contributed by atoms with Crippen LogP contribution in [0.2, 0.25) is 5.02 Å². The van der Waals surface area contributed by atoms with Gasteiger partial charge in [-0.3, -0.25) is 9.52 Å². The average Bonchev–Trinajstić information content (AvgIpc) is 2.69. The summed E-state index contributed by atoms with van der Waals surface area (Å²) >= 11 is 12.2. The van der Waals surface area contributed by atoms with Gasteiger partial charge < -0.3 is 0 Å². The number of carbonyl (C=O) groups excluding carboxylic acids is 1. The molecule has 0 saturated heterocycles. The van der Waals surface area contributed by atoms with Crippen molar-refractivity contribution in [3.05, 3.63) is 87.6 Å². The fourth-order valence-electron chi connectivity index (χ4n) is 2.40. The molecule has 10 heteroatoms. The zero-order chi connectivity index (χ0) is 21.2. The number of nitrogens with one attached hydrogen (secondary N) is 1. The van der Waals surface area contributed by atoms with E-state index in [2.05, 4.69) is 36.8 Å². The van der Waals surface area contributed by atoms with Crippen molar-refractivity contribution >= 4 is 71.0 Å². The minimum atomic E-state index is -4.10. The highest BCUT2D eigenvalue weighted by molar-refractivity contribution is 9.10. The lowest BCUT2D eigenvalue weighted by atomic mass is 10.1. The first kappa shape index (κ1) is 21.8. The highest BCUT2D eigenvalue weighted by Crippen LogP contribution is 2.28. The van der Waals surface area contributed by atoms with Crippen molar-refractivity contribution in [2.45, 2.75) is 4.90 Å². The molecule has 5 nitrogen and oxygen atoms in total. The second kappa shape index (κ2) is 8.83. The van der Waals surface area contributed by atoms with E-state index in [1.165, 1.54) is 16.1 Å². The molecule has 3 aromatic carbocycles. The Morgan fingerprint density at radius 3 is 2.34 bits per heavy atom. The minimum absolute atomic E-state index is 0.0690. The van der Waals surface area contributed by atoms with Gasteiger partial charge >= 0.3 is 0 Å². The van der Waals surface area contributed by atoms with Gasteiger partial charge in [0.15, 0.2) is 0 Å². The van der Waals surface area contributed by atoms with E-state index in [9.17, 15) is 17.6 Å². The number of carbonyl (C=O) groups is 1. The molecule has 0 saturated carbocycles. The van der Waals surface area contributed by atoms with Gasteiger partial charge in [-0.1, -0.05) is 39.7 Å². The number of para-hydroxylation sites is 1. The molecule has 29 heavy (non-hydrogen) atoms. The van der Waals surface area contributed by atoms with Crippen LogP contribution in [0.3, 0.4) is 0 Å². The maximum Gasteiger partial charge on any atom is 0.270 e. The molecule has 0 aliphatic heterocycles. The van der Waals surface area contributed by atoms with Gasteiger partial charge in [-0.05, 0) is 54.6 Å². The van der Waals surface area contributed by atoms with Crippen LogP contribution in [0.4, 0.5) is 15.8 Å². The largest absolute Gasteiger partial charge is 0.279 e. The van der Waals surface area contributed by atoms with Crippen LogP contribution >= 0.6 is 43.7 Å². The summed E-state index contributed by atoms with van der Waals surface area (Å²) in [7, 11) is -4.10. The number of benzene rings is 3. The molecular weight excluding hydrogens is 551 g/mol. The monoisotopic (exact) mass is 560 g/mol. The van der Waals surface area contributed by atoms with E-state index >= 15 is 0 Å². The lowest BCUT2D eigenvalue weighted by Gasteiger charge is -2.18. The molecule has 1 amide bonds. The SMILES string of the molecule is O=C(c1ccccc1NS(=O)(=O)c1ccc(F)c(Cl)c1)N(Br)c1ccc(Br)cc1. The maximum atomic E-state index is 13.4. The number of halogens is 4. The standard InChI is InChI=1S/C19H12Br2ClFN2O3S/c20-12-5-7-13(8-6-12)25(21)19(26)15-3-1-2-4-18(15)24-29(27,28)14-9-10-17(23)16(22)11-14/h1-11,24H. The first-order valence-electron chi connectivity index (χ1n) is 8.02. The summed E-state index contributed by atoms with van der Waals surface area (Å²) in [6.45, 7) is 0. The van der Waals surface area contributed by atoms with Gasteiger partial charge in [0.1, 0.15) is 5.82 Å². The molecule has 0 fully saturated rings. The maximum absolute atomic E-state index is 13.4. The summed E-state index contributed by atoms with van der Waals surface area (Å²) in [4.78, 5) is 12.7. The number of hydrogen-bond donors (Lipinski definition) is 1. The number of amides is 1. The molecule has 0 aliphatic rings. The topological polar surface area (TPSA) is 66.5 Å². The Hall–Kier alpha value is -1.94. The second-order valence-electron chi connectivity index (χ2n) is 5.79. The molecule has 1 N–H and O–H groups in total. The van der Waals surface area contributed by atoms with Crippen LogP contribution < -0.4 is 8.65 Å². The Balaban J connectivity index is 1.93. The predicted octanol–water partition coefficient (Wildman–Crippen LogP) is 6.00. The molecule has 150 valence electrons.